The second-order valence-electron chi connectivity index (χ2n) is 4.43. The van der Waals surface area contributed by atoms with Crippen LogP contribution >= 0.6 is 11.3 Å². The smallest absolute Gasteiger partial charge is 0.277 e. The predicted molar refractivity (Wildman–Crippen MR) is 81.0 cm³/mol. The highest BCUT2D eigenvalue weighted by Gasteiger charge is 2.13. The Hall–Kier alpha value is -2.94. The number of fused-ring (bicyclic) bond motifs is 1. The highest BCUT2D eigenvalue weighted by atomic mass is 32.1. The predicted octanol–water partition coefficient (Wildman–Crippen LogP) is 2.56. The van der Waals surface area contributed by atoms with Crippen LogP contribution in [0.25, 0.3) is 10.2 Å². The van der Waals surface area contributed by atoms with E-state index in [1.54, 1.807) is 13.0 Å². The molecule has 0 bridgehead atoms. The Morgan fingerprint density at radius 2 is 2.14 bits per heavy atom. The maximum atomic E-state index is 12.0. The summed E-state index contributed by atoms with van der Waals surface area (Å²) < 4.78 is 0.746. The van der Waals surface area contributed by atoms with E-state index in [9.17, 15) is 14.9 Å². The number of hydrogen-bond donors (Lipinski definition) is 1. The van der Waals surface area contributed by atoms with E-state index in [0.29, 0.717) is 16.3 Å². The van der Waals surface area contributed by atoms with Gasteiger partial charge in [0.05, 0.1) is 27.0 Å². The Labute approximate surface area is 128 Å². The molecule has 0 radical (unpaired) electrons. The molecule has 1 aromatic carbocycles. The van der Waals surface area contributed by atoms with Gasteiger partial charge in [-0.15, -0.1) is 0 Å². The number of amides is 1. The van der Waals surface area contributed by atoms with Crippen LogP contribution in [-0.4, -0.2) is 25.8 Å². The summed E-state index contributed by atoms with van der Waals surface area (Å²) in [6, 6.07) is 4.37. The summed E-state index contributed by atoms with van der Waals surface area (Å²) in [5.74, 6) is -0.430. The molecule has 0 fully saturated rings. The first-order valence-electron chi connectivity index (χ1n) is 6.18. The Morgan fingerprint density at radius 3 is 2.82 bits per heavy atom. The molecule has 0 aliphatic carbocycles. The summed E-state index contributed by atoms with van der Waals surface area (Å²) in [7, 11) is 0. The quantitative estimate of drug-likeness (QED) is 0.587. The number of benzene rings is 1. The monoisotopic (exact) mass is 315 g/mol. The van der Waals surface area contributed by atoms with E-state index in [0.717, 1.165) is 4.70 Å². The number of nitro groups is 1. The van der Waals surface area contributed by atoms with Gasteiger partial charge in [0.15, 0.2) is 5.13 Å². The van der Waals surface area contributed by atoms with E-state index >= 15 is 0 Å². The molecule has 0 aliphatic heterocycles. The molecule has 8 nitrogen and oxygen atoms in total. The first kappa shape index (κ1) is 14.0. The molecule has 1 N–H and O–H groups in total. The van der Waals surface area contributed by atoms with Crippen molar-refractivity contribution in [3.63, 3.8) is 0 Å². The van der Waals surface area contributed by atoms with Crippen LogP contribution in [0.4, 0.5) is 10.8 Å². The van der Waals surface area contributed by atoms with Crippen molar-refractivity contribution in [2.24, 2.45) is 0 Å². The van der Waals surface area contributed by atoms with E-state index in [1.807, 2.05) is 0 Å². The van der Waals surface area contributed by atoms with Gasteiger partial charge >= 0.3 is 0 Å². The molecule has 0 saturated carbocycles. The number of anilines is 1. The first-order chi connectivity index (χ1) is 10.5. The van der Waals surface area contributed by atoms with E-state index < -0.39 is 10.8 Å². The Kier molecular flexibility index (Phi) is 3.47. The van der Waals surface area contributed by atoms with Crippen LogP contribution in [-0.2, 0) is 0 Å². The van der Waals surface area contributed by atoms with Gasteiger partial charge < -0.3 is 0 Å². The number of hydrogen-bond acceptors (Lipinski definition) is 7. The maximum absolute atomic E-state index is 12.0. The number of nitrogens with one attached hydrogen (secondary N) is 1. The zero-order valence-electron chi connectivity index (χ0n) is 11.3. The molecule has 3 aromatic rings. The number of non-ortho nitro benzene ring substituents is 1. The van der Waals surface area contributed by atoms with E-state index in [4.69, 9.17) is 0 Å². The average molecular weight is 315 g/mol. The number of aryl methyl sites for hydroxylation is 1. The molecule has 2 aromatic heterocycles. The van der Waals surface area contributed by atoms with Crippen LogP contribution in [0.3, 0.4) is 0 Å². The lowest BCUT2D eigenvalue weighted by Crippen LogP contribution is -2.13. The largest absolute Gasteiger partial charge is 0.296 e. The Balaban J connectivity index is 1.86. The molecule has 0 saturated heterocycles. The van der Waals surface area contributed by atoms with Crippen molar-refractivity contribution in [3.05, 3.63) is 52.1 Å². The lowest BCUT2D eigenvalue weighted by atomic mass is 10.3. The third-order valence-corrected chi connectivity index (χ3v) is 3.77. The van der Waals surface area contributed by atoms with Gasteiger partial charge in [-0.1, -0.05) is 11.3 Å². The van der Waals surface area contributed by atoms with Crippen molar-refractivity contribution in [1.29, 1.82) is 0 Å². The van der Waals surface area contributed by atoms with Crippen LogP contribution in [0.2, 0.25) is 0 Å². The fourth-order valence-corrected chi connectivity index (χ4v) is 2.60. The van der Waals surface area contributed by atoms with E-state index in [2.05, 4.69) is 20.3 Å². The molecule has 3 rings (SSSR count). The van der Waals surface area contributed by atoms with Crippen LogP contribution < -0.4 is 5.32 Å². The van der Waals surface area contributed by atoms with Crippen molar-refractivity contribution in [2.75, 3.05) is 5.32 Å². The van der Waals surface area contributed by atoms with Crippen molar-refractivity contribution < 1.29 is 9.72 Å². The average Bonchev–Trinajstić information content (AvgIpc) is 2.88. The minimum Gasteiger partial charge on any atom is -0.296 e. The van der Waals surface area contributed by atoms with Crippen molar-refractivity contribution in [3.8, 4) is 0 Å². The number of thiazole rings is 1. The van der Waals surface area contributed by atoms with Crippen LogP contribution in [0.5, 0.6) is 0 Å². The number of nitrogens with zero attached hydrogens (tertiary/aromatic N) is 4. The SMILES string of the molecule is Cc1cnc(C(=O)Nc2nc3cc([N+](=O)[O-])ccc3s2)cn1. The second-order valence-corrected chi connectivity index (χ2v) is 5.46. The van der Waals surface area contributed by atoms with E-state index in [-0.39, 0.29) is 11.4 Å². The van der Waals surface area contributed by atoms with Crippen LogP contribution in [0, 0.1) is 17.0 Å². The molecule has 9 heteroatoms. The highest BCUT2D eigenvalue weighted by Crippen LogP contribution is 2.28. The van der Waals surface area contributed by atoms with Gasteiger partial charge in [-0.3, -0.25) is 25.2 Å². The molecule has 110 valence electrons. The van der Waals surface area contributed by atoms with Gasteiger partial charge in [0.25, 0.3) is 11.6 Å². The topological polar surface area (TPSA) is 111 Å². The summed E-state index contributed by atoms with van der Waals surface area (Å²) >= 11 is 1.23. The highest BCUT2D eigenvalue weighted by molar-refractivity contribution is 7.22. The molecule has 0 unspecified atom stereocenters. The van der Waals surface area contributed by atoms with Crippen LogP contribution in [0.15, 0.2) is 30.6 Å². The Bertz CT molecular complexity index is 875. The number of carbonyl (C=O) groups excluding carboxylic acids is 1. The molecule has 2 heterocycles. The number of rotatable bonds is 3. The third-order valence-electron chi connectivity index (χ3n) is 2.82. The van der Waals surface area contributed by atoms with Crippen LogP contribution in [0.1, 0.15) is 16.2 Å². The fourth-order valence-electron chi connectivity index (χ4n) is 1.75. The molecule has 0 aliphatic rings. The molecular formula is C13H9N5O3S. The lowest BCUT2D eigenvalue weighted by molar-refractivity contribution is -0.384. The fraction of sp³-hybridized carbons (Fsp3) is 0.0769. The maximum Gasteiger partial charge on any atom is 0.277 e. The normalized spacial score (nSPS) is 10.6. The zero-order valence-corrected chi connectivity index (χ0v) is 12.1. The number of nitro benzene ring substituents is 1. The zero-order chi connectivity index (χ0) is 15.7. The summed E-state index contributed by atoms with van der Waals surface area (Å²) in [5.41, 5.74) is 1.31. The Morgan fingerprint density at radius 1 is 1.32 bits per heavy atom. The summed E-state index contributed by atoms with van der Waals surface area (Å²) in [6.45, 7) is 1.77. The molecule has 1 amide bonds. The van der Waals surface area contributed by atoms with Crippen molar-refractivity contribution in [1.82, 2.24) is 15.0 Å². The van der Waals surface area contributed by atoms with Crippen molar-refractivity contribution >= 4 is 38.3 Å². The van der Waals surface area contributed by atoms with Gasteiger partial charge in [0.2, 0.25) is 0 Å². The van der Waals surface area contributed by atoms with E-state index in [1.165, 1.54) is 35.9 Å². The lowest BCUT2D eigenvalue weighted by Gasteiger charge is -2.00. The summed E-state index contributed by atoms with van der Waals surface area (Å²) in [4.78, 5) is 34.4. The van der Waals surface area contributed by atoms with Gasteiger partial charge in [-0.05, 0) is 13.0 Å². The summed E-state index contributed by atoms with van der Waals surface area (Å²) in [6.07, 6.45) is 2.87. The van der Waals surface area contributed by atoms with Gasteiger partial charge in [0.1, 0.15) is 5.69 Å². The number of carbonyl (C=O) groups is 1. The molecule has 0 atom stereocenters. The van der Waals surface area contributed by atoms with Crippen molar-refractivity contribution in [2.45, 2.75) is 6.92 Å². The van der Waals surface area contributed by atoms with Gasteiger partial charge in [-0.2, -0.15) is 0 Å². The van der Waals surface area contributed by atoms with Gasteiger partial charge in [-0.25, -0.2) is 9.97 Å². The minimum atomic E-state index is -0.487. The van der Waals surface area contributed by atoms with Gasteiger partial charge in [0, 0.05) is 18.3 Å². The second kappa shape index (κ2) is 5.45. The molecular weight excluding hydrogens is 306 g/mol. The summed E-state index contributed by atoms with van der Waals surface area (Å²) in [5, 5.41) is 13.7. The standard InChI is InChI=1S/C13H9N5O3S/c1-7-5-15-10(6-14-7)12(19)17-13-16-9-4-8(18(20)21)2-3-11(9)22-13/h2-6H,1H3,(H,16,17,19). The molecule has 0 spiro atoms. The first-order valence-corrected chi connectivity index (χ1v) is 6.99. The third kappa shape index (κ3) is 2.74. The molecule has 22 heavy (non-hydrogen) atoms. The minimum absolute atomic E-state index is 0.0416. The number of aromatic nitrogens is 3.